The molecular weight excluding hydrogens is 304 g/mol. The van der Waals surface area contributed by atoms with E-state index in [1.807, 2.05) is 24.3 Å². The summed E-state index contributed by atoms with van der Waals surface area (Å²) in [5, 5.41) is 9.80. The molecule has 3 rings (SSSR count). The largest absolute Gasteiger partial charge is 0.251 e. The van der Waals surface area contributed by atoms with E-state index in [-0.39, 0.29) is 0 Å². The smallest absolute Gasteiger partial charge is 0.102 e. The maximum Gasteiger partial charge on any atom is 0.102 e. The lowest BCUT2D eigenvalue weighted by molar-refractivity contribution is 0.635. The van der Waals surface area contributed by atoms with Gasteiger partial charge in [-0.2, -0.15) is 5.26 Å². The Labute approximate surface area is 149 Å². The van der Waals surface area contributed by atoms with Crippen LogP contribution < -0.4 is 0 Å². The van der Waals surface area contributed by atoms with Crippen LogP contribution in [0.15, 0.2) is 60.7 Å². The van der Waals surface area contributed by atoms with E-state index in [0.29, 0.717) is 11.5 Å². The quantitative estimate of drug-likeness (QED) is 0.608. The van der Waals surface area contributed by atoms with E-state index in [2.05, 4.69) is 63.2 Å². The highest BCUT2D eigenvalue weighted by molar-refractivity contribution is 5.76. The number of hydrogen-bond acceptors (Lipinski definition) is 2. The Hall–Kier alpha value is -2.92. The molecule has 0 unspecified atom stereocenters. The van der Waals surface area contributed by atoms with Crippen molar-refractivity contribution in [2.75, 3.05) is 0 Å². The number of aromatic nitrogens is 1. The number of aryl methyl sites for hydroxylation is 1. The summed E-state index contributed by atoms with van der Waals surface area (Å²) in [6.07, 6.45) is 0.794. The van der Waals surface area contributed by atoms with E-state index in [1.54, 1.807) is 0 Å². The average Bonchev–Trinajstić information content (AvgIpc) is 2.62. The van der Waals surface area contributed by atoms with Gasteiger partial charge in [-0.15, -0.1) is 0 Å². The lowest BCUT2D eigenvalue weighted by Crippen LogP contribution is -2.04. The van der Waals surface area contributed by atoms with Crippen molar-refractivity contribution in [3.8, 4) is 28.5 Å². The molecular formula is C23H22N2. The minimum Gasteiger partial charge on any atom is -0.251 e. The van der Waals surface area contributed by atoms with E-state index < -0.39 is 0 Å². The van der Waals surface area contributed by atoms with Gasteiger partial charge in [-0.25, -0.2) is 0 Å². The van der Waals surface area contributed by atoms with Gasteiger partial charge in [0.2, 0.25) is 0 Å². The fourth-order valence-corrected chi connectivity index (χ4v) is 2.97. The summed E-state index contributed by atoms with van der Waals surface area (Å²) in [4.78, 5) is 4.84. The molecule has 25 heavy (non-hydrogen) atoms. The normalized spacial score (nSPS) is 10.7. The molecule has 0 saturated carbocycles. The summed E-state index contributed by atoms with van der Waals surface area (Å²) >= 11 is 0. The molecule has 0 aliphatic carbocycles. The summed E-state index contributed by atoms with van der Waals surface area (Å²) < 4.78 is 0. The molecule has 0 aliphatic rings. The number of nitrogens with zero attached hydrogens (tertiary/aromatic N) is 2. The van der Waals surface area contributed by atoms with Gasteiger partial charge in [0, 0.05) is 11.1 Å². The zero-order valence-electron chi connectivity index (χ0n) is 15.0. The van der Waals surface area contributed by atoms with Gasteiger partial charge >= 0.3 is 0 Å². The Morgan fingerprint density at radius 3 is 2.24 bits per heavy atom. The Bertz CT molecular complexity index is 901. The molecule has 1 aromatic heterocycles. The molecule has 1 heterocycles. The van der Waals surface area contributed by atoms with E-state index in [9.17, 15) is 5.26 Å². The van der Waals surface area contributed by atoms with Crippen molar-refractivity contribution in [1.82, 2.24) is 4.98 Å². The molecule has 2 nitrogen and oxygen atoms in total. The molecule has 0 amide bonds. The van der Waals surface area contributed by atoms with Crippen LogP contribution in [-0.4, -0.2) is 4.98 Å². The van der Waals surface area contributed by atoms with Gasteiger partial charge in [0.1, 0.15) is 6.07 Å². The van der Waals surface area contributed by atoms with Crippen LogP contribution in [0.25, 0.3) is 22.4 Å². The first-order valence-corrected chi connectivity index (χ1v) is 8.65. The first-order chi connectivity index (χ1) is 12.1. The predicted molar refractivity (Wildman–Crippen MR) is 103 cm³/mol. The van der Waals surface area contributed by atoms with E-state index in [0.717, 1.165) is 34.5 Å². The number of benzene rings is 2. The van der Waals surface area contributed by atoms with Crippen LogP contribution >= 0.6 is 0 Å². The first-order valence-electron chi connectivity index (χ1n) is 8.65. The Morgan fingerprint density at radius 2 is 1.64 bits per heavy atom. The van der Waals surface area contributed by atoms with Gasteiger partial charge in [-0.05, 0) is 30.9 Å². The van der Waals surface area contributed by atoms with Crippen LogP contribution in [0.2, 0.25) is 0 Å². The standard InChI is InChI=1S/C23H22N2/c1-16(2)13-23-21(15-24)20(18-11-9-17(3)10-12-18)14-22(25-23)19-7-5-4-6-8-19/h4-12,14,16H,13H2,1-3H3. The number of hydrogen-bond donors (Lipinski definition) is 0. The van der Waals surface area contributed by atoms with Crippen molar-refractivity contribution in [2.45, 2.75) is 27.2 Å². The third-order valence-electron chi connectivity index (χ3n) is 4.24. The Kier molecular flexibility index (Phi) is 4.95. The van der Waals surface area contributed by atoms with Crippen LogP contribution in [0.5, 0.6) is 0 Å². The molecule has 0 fully saturated rings. The van der Waals surface area contributed by atoms with Crippen molar-refractivity contribution in [3.05, 3.63) is 77.5 Å². The number of rotatable bonds is 4. The Morgan fingerprint density at radius 1 is 0.960 bits per heavy atom. The molecule has 124 valence electrons. The lowest BCUT2D eigenvalue weighted by atomic mass is 9.93. The van der Waals surface area contributed by atoms with Gasteiger partial charge < -0.3 is 0 Å². The minimum absolute atomic E-state index is 0.441. The maximum absolute atomic E-state index is 9.80. The highest BCUT2D eigenvalue weighted by atomic mass is 14.7. The van der Waals surface area contributed by atoms with Crippen LogP contribution in [-0.2, 0) is 6.42 Å². The Balaban J connectivity index is 2.24. The first kappa shape index (κ1) is 16.9. The zero-order valence-corrected chi connectivity index (χ0v) is 15.0. The molecule has 0 bridgehead atoms. The molecule has 2 aromatic carbocycles. The second-order valence-electron chi connectivity index (χ2n) is 6.82. The predicted octanol–water partition coefficient (Wildman–Crippen LogP) is 5.79. The van der Waals surface area contributed by atoms with Crippen molar-refractivity contribution >= 4 is 0 Å². The number of pyridine rings is 1. The van der Waals surface area contributed by atoms with Gasteiger partial charge in [0.25, 0.3) is 0 Å². The highest BCUT2D eigenvalue weighted by Gasteiger charge is 2.16. The van der Waals surface area contributed by atoms with Gasteiger partial charge in [0.05, 0.1) is 17.0 Å². The molecule has 3 aromatic rings. The van der Waals surface area contributed by atoms with Gasteiger partial charge in [0.15, 0.2) is 0 Å². The maximum atomic E-state index is 9.80. The van der Waals surface area contributed by atoms with Crippen molar-refractivity contribution in [1.29, 1.82) is 5.26 Å². The summed E-state index contributed by atoms with van der Waals surface area (Å²) in [6.45, 7) is 6.38. The molecule has 0 N–H and O–H groups in total. The van der Waals surface area contributed by atoms with Crippen molar-refractivity contribution < 1.29 is 0 Å². The summed E-state index contributed by atoms with van der Waals surface area (Å²) in [6, 6.07) is 22.9. The van der Waals surface area contributed by atoms with Crippen LogP contribution in [0.4, 0.5) is 0 Å². The monoisotopic (exact) mass is 326 g/mol. The third kappa shape index (κ3) is 3.78. The van der Waals surface area contributed by atoms with Crippen molar-refractivity contribution in [2.24, 2.45) is 5.92 Å². The van der Waals surface area contributed by atoms with E-state index in [4.69, 9.17) is 4.98 Å². The molecule has 2 heteroatoms. The van der Waals surface area contributed by atoms with E-state index >= 15 is 0 Å². The van der Waals surface area contributed by atoms with E-state index in [1.165, 1.54) is 5.56 Å². The van der Waals surface area contributed by atoms with Gasteiger partial charge in [-0.3, -0.25) is 4.98 Å². The van der Waals surface area contributed by atoms with Crippen LogP contribution in [0.1, 0.15) is 30.7 Å². The molecule has 0 saturated heterocycles. The second-order valence-corrected chi connectivity index (χ2v) is 6.82. The third-order valence-corrected chi connectivity index (χ3v) is 4.24. The summed E-state index contributed by atoms with van der Waals surface area (Å²) in [5.74, 6) is 0.441. The topological polar surface area (TPSA) is 36.7 Å². The lowest BCUT2D eigenvalue weighted by Gasteiger charge is -2.14. The highest BCUT2D eigenvalue weighted by Crippen LogP contribution is 2.31. The summed E-state index contributed by atoms with van der Waals surface area (Å²) in [5.41, 5.74) is 6.81. The molecule has 0 aliphatic heterocycles. The molecule has 0 atom stereocenters. The fourth-order valence-electron chi connectivity index (χ4n) is 2.97. The second kappa shape index (κ2) is 7.32. The zero-order chi connectivity index (χ0) is 17.8. The van der Waals surface area contributed by atoms with Gasteiger partial charge in [-0.1, -0.05) is 74.0 Å². The van der Waals surface area contributed by atoms with Crippen LogP contribution in [0.3, 0.4) is 0 Å². The number of nitriles is 1. The average molecular weight is 326 g/mol. The minimum atomic E-state index is 0.441. The molecule has 0 spiro atoms. The van der Waals surface area contributed by atoms with Crippen LogP contribution in [0, 0.1) is 24.2 Å². The summed E-state index contributed by atoms with van der Waals surface area (Å²) in [7, 11) is 0. The molecule has 0 radical (unpaired) electrons. The van der Waals surface area contributed by atoms with Crippen molar-refractivity contribution in [3.63, 3.8) is 0 Å². The SMILES string of the molecule is Cc1ccc(-c2cc(-c3ccccc3)nc(CC(C)C)c2C#N)cc1. The fraction of sp³-hybridized carbons (Fsp3) is 0.217.